The molecular formula is C16H26O16. The summed E-state index contributed by atoms with van der Waals surface area (Å²) >= 11 is 0. The topological polar surface area (TPSA) is 229 Å². The van der Waals surface area contributed by atoms with E-state index in [9.17, 15) is 41.1 Å². The highest BCUT2D eigenvalue weighted by Gasteiger charge is 2.89. The minimum Gasteiger partial charge on any atom is -0.457 e. The summed E-state index contributed by atoms with van der Waals surface area (Å²) in [7, 11) is 0. The Balaban J connectivity index is 4.19. The largest absolute Gasteiger partial charge is 0.457 e. The van der Waals surface area contributed by atoms with Crippen LogP contribution >= 0.6 is 0 Å². The molecule has 0 saturated carbocycles. The summed E-state index contributed by atoms with van der Waals surface area (Å²) in [6.45, 7) is 7.95. The Morgan fingerprint density at radius 2 is 1.06 bits per heavy atom. The monoisotopic (exact) mass is 474 g/mol. The average Bonchev–Trinajstić information content (AvgIpc) is 2.69. The fourth-order valence-electron chi connectivity index (χ4n) is 2.91. The van der Waals surface area contributed by atoms with E-state index in [0.29, 0.717) is 6.08 Å². The lowest BCUT2D eigenvalue weighted by molar-refractivity contribution is -0.640. The second-order valence-corrected chi connectivity index (χ2v) is 8.59. The van der Waals surface area contributed by atoms with Crippen LogP contribution in [0.1, 0.15) is 41.5 Å². The third-order valence-corrected chi connectivity index (χ3v) is 4.18. The molecule has 6 N–H and O–H groups in total. The summed E-state index contributed by atoms with van der Waals surface area (Å²) in [6, 6.07) is 0. The molecule has 16 nitrogen and oxygen atoms in total. The van der Waals surface area contributed by atoms with E-state index in [1.165, 1.54) is 41.5 Å². The first-order valence-electron chi connectivity index (χ1n) is 8.71. The van der Waals surface area contributed by atoms with Crippen molar-refractivity contribution in [1.29, 1.82) is 0 Å². The highest BCUT2D eigenvalue weighted by molar-refractivity contribution is 5.97. The summed E-state index contributed by atoms with van der Waals surface area (Å²) in [5.74, 6) is -11.3. The Morgan fingerprint density at radius 3 is 1.38 bits per heavy atom. The van der Waals surface area contributed by atoms with Crippen molar-refractivity contribution in [2.75, 3.05) is 0 Å². The van der Waals surface area contributed by atoms with Gasteiger partial charge in [0.1, 0.15) is 11.2 Å². The molecule has 1 aliphatic carbocycles. The van der Waals surface area contributed by atoms with Crippen LogP contribution in [0.3, 0.4) is 0 Å². The highest BCUT2D eigenvalue weighted by atomic mass is 17.3. The number of hydrogen-bond donors (Lipinski definition) is 6. The first-order valence-corrected chi connectivity index (χ1v) is 8.71. The van der Waals surface area contributed by atoms with Crippen molar-refractivity contribution < 1.29 is 79.9 Å². The molecule has 0 fully saturated rings. The van der Waals surface area contributed by atoms with Gasteiger partial charge in [0.15, 0.2) is 0 Å². The third kappa shape index (κ3) is 4.00. The number of esters is 2. The van der Waals surface area contributed by atoms with Gasteiger partial charge in [-0.25, -0.2) is 40.4 Å². The SMILES string of the molecule is CC(C)(C)OC(=O)C1(OO)C=CC(OO)(OO)C(OO)(OO)C1(OO)C(=O)OC(C)(C)C. The Bertz CT molecular complexity index is 713. The molecule has 0 radical (unpaired) electrons. The number of ether oxygens (including phenoxy) is 2. The van der Waals surface area contributed by atoms with Gasteiger partial charge < -0.3 is 9.47 Å². The molecule has 1 rings (SSSR count). The molecular weight excluding hydrogens is 448 g/mol. The van der Waals surface area contributed by atoms with E-state index >= 15 is 0 Å². The summed E-state index contributed by atoms with van der Waals surface area (Å²) in [6.07, 6.45) is 0.588. The van der Waals surface area contributed by atoms with Gasteiger partial charge in [0.2, 0.25) is 0 Å². The van der Waals surface area contributed by atoms with E-state index in [2.05, 4.69) is 29.3 Å². The van der Waals surface area contributed by atoms with Gasteiger partial charge >= 0.3 is 29.1 Å². The number of hydrogen-bond acceptors (Lipinski definition) is 16. The van der Waals surface area contributed by atoms with Crippen LogP contribution in [0, 0.1) is 0 Å². The molecule has 0 saturated heterocycles. The normalized spacial score (nSPS) is 27.1. The molecule has 2 unspecified atom stereocenters. The quantitative estimate of drug-likeness (QED) is 0.0948. The third-order valence-electron chi connectivity index (χ3n) is 4.18. The zero-order chi connectivity index (χ0) is 25.2. The van der Waals surface area contributed by atoms with E-state index < -0.39 is 45.9 Å². The van der Waals surface area contributed by atoms with Gasteiger partial charge in [-0.15, -0.1) is 0 Å². The van der Waals surface area contributed by atoms with Gasteiger partial charge in [0.25, 0.3) is 5.60 Å². The molecule has 0 aromatic rings. The molecule has 2 atom stereocenters. The molecule has 32 heavy (non-hydrogen) atoms. The Hall–Kier alpha value is -1.80. The summed E-state index contributed by atoms with van der Waals surface area (Å²) in [4.78, 5) is 50.2. The van der Waals surface area contributed by atoms with E-state index in [1.807, 2.05) is 0 Å². The van der Waals surface area contributed by atoms with Crippen molar-refractivity contribution in [1.82, 2.24) is 0 Å². The van der Waals surface area contributed by atoms with Crippen molar-refractivity contribution in [2.45, 2.75) is 75.5 Å². The van der Waals surface area contributed by atoms with E-state index in [-0.39, 0.29) is 6.08 Å². The van der Waals surface area contributed by atoms with Crippen LogP contribution in [0.2, 0.25) is 0 Å². The van der Waals surface area contributed by atoms with Crippen molar-refractivity contribution in [3.63, 3.8) is 0 Å². The number of rotatable bonds is 8. The molecule has 0 amide bonds. The zero-order valence-corrected chi connectivity index (χ0v) is 17.9. The standard InChI is InChI=1S/C16H26O16/c1-11(2,3)25-9(17)13(27-19)7-8-14(28-20,29-21)16(31-23,32-24)15(13,30-22)10(18)26-12(4,5)6/h7-8,19-24H,1-6H3. The van der Waals surface area contributed by atoms with Crippen LogP contribution in [0.4, 0.5) is 0 Å². The lowest BCUT2D eigenvalue weighted by Gasteiger charge is -2.53. The Labute approximate surface area is 180 Å². The number of carbonyl (C=O) groups is 2. The predicted molar refractivity (Wildman–Crippen MR) is 94.0 cm³/mol. The van der Waals surface area contributed by atoms with Crippen LogP contribution in [-0.4, -0.2) is 77.5 Å². The van der Waals surface area contributed by atoms with Crippen LogP contribution in [0.25, 0.3) is 0 Å². The average molecular weight is 474 g/mol. The molecule has 1 aliphatic rings. The van der Waals surface area contributed by atoms with Gasteiger partial charge in [-0.2, -0.15) is 19.6 Å². The smallest absolute Gasteiger partial charge is 0.352 e. The molecule has 0 aromatic heterocycles. The maximum absolute atomic E-state index is 13.3. The second kappa shape index (κ2) is 9.21. The molecule has 0 aliphatic heterocycles. The molecule has 0 bridgehead atoms. The molecule has 0 heterocycles. The number of carbonyl (C=O) groups excluding carboxylic acids is 2. The van der Waals surface area contributed by atoms with Gasteiger partial charge in [-0.05, 0) is 53.7 Å². The highest BCUT2D eigenvalue weighted by Crippen LogP contribution is 2.54. The van der Waals surface area contributed by atoms with Gasteiger partial charge in [0, 0.05) is 0 Å². The predicted octanol–water partition coefficient (Wildman–Crippen LogP) is 1.05. The minimum atomic E-state index is -4.03. The maximum Gasteiger partial charge on any atom is 0.352 e. The molecule has 16 heteroatoms. The van der Waals surface area contributed by atoms with Crippen LogP contribution < -0.4 is 0 Å². The van der Waals surface area contributed by atoms with Crippen LogP contribution in [-0.2, 0) is 48.4 Å². The van der Waals surface area contributed by atoms with Gasteiger partial charge in [0.05, 0.1) is 0 Å². The summed E-state index contributed by atoms with van der Waals surface area (Å²) in [5, 5.41) is 57.4. The minimum absolute atomic E-state index is 0.265. The van der Waals surface area contributed by atoms with Gasteiger partial charge in [-0.3, -0.25) is 10.5 Å². The molecule has 0 aromatic carbocycles. The molecule has 0 spiro atoms. The van der Waals surface area contributed by atoms with Crippen molar-refractivity contribution in [3.05, 3.63) is 12.2 Å². The first kappa shape index (κ1) is 28.2. The fraction of sp³-hybridized carbons (Fsp3) is 0.750. The van der Waals surface area contributed by atoms with Gasteiger partial charge in [-0.1, -0.05) is 0 Å². The second-order valence-electron chi connectivity index (χ2n) is 8.59. The fourth-order valence-corrected chi connectivity index (χ4v) is 2.91. The van der Waals surface area contributed by atoms with E-state index in [0.717, 1.165) is 0 Å². The zero-order valence-electron chi connectivity index (χ0n) is 17.9. The maximum atomic E-state index is 13.3. The summed E-state index contributed by atoms with van der Waals surface area (Å²) < 4.78 is 10.1. The first-order chi connectivity index (χ1) is 14.6. The lowest BCUT2D eigenvalue weighted by atomic mass is 9.68. The van der Waals surface area contributed by atoms with E-state index in [1.54, 1.807) is 0 Å². The lowest BCUT2D eigenvalue weighted by Crippen LogP contribution is -2.85. The van der Waals surface area contributed by atoms with Crippen LogP contribution in [0.5, 0.6) is 0 Å². The molecule has 186 valence electrons. The Morgan fingerprint density at radius 1 is 0.625 bits per heavy atom. The van der Waals surface area contributed by atoms with Crippen molar-refractivity contribution in [2.24, 2.45) is 0 Å². The van der Waals surface area contributed by atoms with Crippen LogP contribution in [0.15, 0.2) is 12.2 Å². The van der Waals surface area contributed by atoms with Crippen molar-refractivity contribution in [3.8, 4) is 0 Å². The van der Waals surface area contributed by atoms with Crippen molar-refractivity contribution >= 4 is 11.9 Å². The van der Waals surface area contributed by atoms with E-state index in [4.69, 9.17) is 9.47 Å². The summed E-state index contributed by atoms with van der Waals surface area (Å²) in [5.41, 5.74) is -10.2. The Kier molecular flexibility index (Phi) is 8.13.